The Kier molecular flexibility index (Phi) is 56.7. The molecule has 0 aliphatic heterocycles. The maximum atomic E-state index is 12.9. The smallest absolute Gasteiger partial charge is 0.361 e. The molecule has 0 heterocycles. The van der Waals surface area contributed by atoms with Crippen molar-refractivity contribution in [3.63, 3.8) is 0 Å². The Morgan fingerprint density at radius 3 is 0.987 bits per heavy atom. The third-order valence-corrected chi connectivity index (χ3v) is 15.0. The predicted octanol–water partition coefficient (Wildman–Crippen LogP) is 19.7. The maximum Gasteiger partial charge on any atom is 0.361 e. The molecule has 2 atom stereocenters. The Hall–Kier alpha value is -1.97. The van der Waals surface area contributed by atoms with Gasteiger partial charge in [-0.25, -0.2) is 4.79 Å². The minimum absolute atomic E-state index is 0.173. The lowest BCUT2D eigenvalue weighted by Gasteiger charge is -2.25. The van der Waals surface area contributed by atoms with Gasteiger partial charge in [0.1, 0.15) is 13.2 Å². The fourth-order valence-electron chi connectivity index (χ4n) is 9.95. The average molecular weight is 1060 g/mol. The number of carbonyl (C=O) groups is 3. The highest BCUT2D eigenvalue weighted by Crippen LogP contribution is 2.18. The molecule has 0 aliphatic carbocycles. The first-order valence-electron chi connectivity index (χ1n) is 32.9. The molecule has 0 radical (unpaired) electrons. The second-order valence-corrected chi connectivity index (χ2v) is 23.8. The van der Waals surface area contributed by atoms with E-state index in [1.165, 1.54) is 270 Å². The van der Waals surface area contributed by atoms with Gasteiger partial charge >= 0.3 is 17.9 Å². The Bertz CT molecular complexity index is 1240. The molecular weight excluding hydrogens is 935 g/mol. The molecule has 0 saturated heterocycles. The molecule has 444 valence electrons. The van der Waals surface area contributed by atoms with Crippen molar-refractivity contribution < 1.29 is 42.9 Å². The summed E-state index contributed by atoms with van der Waals surface area (Å²) in [6, 6.07) is 0. The van der Waals surface area contributed by atoms with E-state index < -0.39 is 18.4 Å². The number of allylic oxidation sites excluding steroid dienone is 2. The van der Waals surface area contributed by atoms with Gasteiger partial charge in [0.05, 0.1) is 34.4 Å². The molecule has 75 heavy (non-hydrogen) atoms. The highest BCUT2D eigenvalue weighted by atomic mass is 16.7. The summed E-state index contributed by atoms with van der Waals surface area (Å²) < 4.78 is 22.9. The number of aliphatic carboxylic acids is 1. The lowest BCUT2D eigenvalue weighted by Crippen LogP contribution is -2.40. The molecular formula is C66H128NO8+. The quantitative estimate of drug-likeness (QED) is 0.0211. The van der Waals surface area contributed by atoms with Crippen LogP contribution in [0.4, 0.5) is 0 Å². The summed E-state index contributed by atoms with van der Waals surface area (Å²) in [5, 5.41) is 9.71. The van der Waals surface area contributed by atoms with Crippen molar-refractivity contribution in [2.75, 3.05) is 47.5 Å². The van der Waals surface area contributed by atoms with Crippen molar-refractivity contribution in [1.29, 1.82) is 0 Å². The summed E-state index contributed by atoms with van der Waals surface area (Å²) in [5.41, 5.74) is 0. The SMILES string of the molecule is CCCCCCCCCC/C=C\CCCCCCCCCCCCCCCCCCCCCCCCCC(=O)OC(COC(=O)CCCCCCCCCCCCCCCCC)COC(OCC[N+](C)(C)C)C(=O)O. The van der Waals surface area contributed by atoms with Gasteiger partial charge in [-0.1, -0.05) is 296 Å². The molecule has 0 aromatic heterocycles. The van der Waals surface area contributed by atoms with Gasteiger partial charge in [0, 0.05) is 12.8 Å². The van der Waals surface area contributed by atoms with E-state index in [2.05, 4.69) is 26.0 Å². The van der Waals surface area contributed by atoms with Crippen molar-refractivity contribution in [2.45, 2.75) is 347 Å². The first-order chi connectivity index (χ1) is 36.6. The van der Waals surface area contributed by atoms with Crippen LogP contribution in [0.25, 0.3) is 0 Å². The van der Waals surface area contributed by atoms with Crippen LogP contribution in [0, 0.1) is 0 Å². The van der Waals surface area contributed by atoms with Gasteiger partial charge in [-0.05, 0) is 38.5 Å². The second kappa shape index (κ2) is 58.2. The van der Waals surface area contributed by atoms with E-state index in [9.17, 15) is 19.5 Å². The number of rotatable bonds is 62. The fourth-order valence-corrected chi connectivity index (χ4v) is 9.95. The number of nitrogens with zero attached hydrogens (tertiary/aromatic N) is 1. The van der Waals surface area contributed by atoms with Crippen LogP contribution in [0.5, 0.6) is 0 Å². The molecule has 0 amide bonds. The van der Waals surface area contributed by atoms with Gasteiger partial charge in [0.2, 0.25) is 0 Å². The van der Waals surface area contributed by atoms with Crippen LogP contribution >= 0.6 is 0 Å². The minimum Gasteiger partial charge on any atom is -0.477 e. The van der Waals surface area contributed by atoms with Gasteiger partial charge in [-0.3, -0.25) is 9.59 Å². The van der Waals surface area contributed by atoms with E-state index in [0.717, 1.165) is 38.5 Å². The van der Waals surface area contributed by atoms with Crippen molar-refractivity contribution >= 4 is 17.9 Å². The Morgan fingerprint density at radius 1 is 0.387 bits per heavy atom. The Morgan fingerprint density at radius 2 is 0.680 bits per heavy atom. The predicted molar refractivity (Wildman–Crippen MR) is 318 cm³/mol. The van der Waals surface area contributed by atoms with Crippen molar-refractivity contribution in [2.24, 2.45) is 0 Å². The molecule has 0 rings (SSSR count). The van der Waals surface area contributed by atoms with Crippen molar-refractivity contribution in [3.8, 4) is 0 Å². The normalized spacial score (nSPS) is 12.7. The molecule has 0 saturated carbocycles. The molecule has 2 unspecified atom stereocenters. The van der Waals surface area contributed by atoms with E-state index in [1.54, 1.807) is 0 Å². The van der Waals surface area contributed by atoms with Crippen LogP contribution in [0.15, 0.2) is 12.2 Å². The number of carbonyl (C=O) groups excluding carboxylic acids is 2. The molecule has 0 spiro atoms. The van der Waals surface area contributed by atoms with Gasteiger partial charge < -0.3 is 28.5 Å². The van der Waals surface area contributed by atoms with Crippen LogP contribution < -0.4 is 0 Å². The number of hydrogen-bond acceptors (Lipinski definition) is 7. The summed E-state index contributed by atoms with van der Waals surface area (Å²) in [6.07, 6.45) is 66.1. The zero-order valence-corrected chi connectivity index (χ0v) is 50.7. The number of likely N-dealkylation sites (N-methyl/N-ethyl adjacent to an activating group) is 1. The monoisotopic (exact) mass is 1060 g/mol. The zero-order valence-electron chi connectivity index (χ0n) is 50.7. The number of ether oxygens (including phenoxy) is 4. The maximum absolute atomic E-state index is 12.9. The molecule has 0 aromatic rings. The number of unbranched alkanes of at least 4 members (excludes halogenated alkanes) is 45. The van der Waals surface area contributed by atoms with Crippen LogP contribution in [-0.4, -0.2) is 87.4 Å². The van der Waals surface area contributed by atoms with Gasteiger partial charge in [0.25, 0.3) is 6.29 Å². The number of hydrogen-bond donors (Lipinski definition) is 1. The van der Waals surface area contributed by atoms with Crippen LogP contribution in [-0.2, 0) is 33.3 Å². The first kappa shape index (κ1) is 73.0. The molecule has 0 aromatic carbocycles. The average Bonchev–Trinajstić information content (AvgIpc) is 3.38. The largest absolute Gasteiger partial charge is 0.477 e. The second-order valence-electron chi connectivity index (χ2n) is 23.8. The first-order valence-corrected chi connectivity index (χ1v) is 32.9. The van der Waals surface area contributed by atoms with Crippen LogP contribution in [0.1, 0.15) is 335 Å². The molecule has 0 aliphatic rings. The summed E-state index contributed by atoms with van der Waals surface area (Å²) in [4.78, 5) is 37.4. The van der Waals surface area contributed by atoms with Crippen molar-refractivity contribution in [3.05, 3.63) is 12.2 Å². The molecule has 1 N–H and O–H groups in total. The molecule has 9 heteroatoms. The summed E-state index contributed by atoms with van der Waals surface area (Å²) in [7, 11) is 5.98. The van der Waals surface area contributed by atoms with Gasteiger partial charge in [-0.15, -0.1) is 0 Å². The lowest BCUT2D eigenvalue weighted by atomic mass is 10.0. The van der Waals surface area contributed by atoms with E-state index in [1.807, 2.05) is 21.1 Å². The molecule has 0 bridgehead atoms. The Labute approximate surface area is 465 Å². The third kappa shape index (κ3) is 59.5. The van der Waals surface area contributed by atoms with Gasteiger partial charge in [-0.2, -0.15) is 0 Å². The third-order valence-electron chi connectivity index (χ3n) is 15.0. The van der Waals surface area contributed by atoms with Gasteiger partial charge in [0.15, 0.2) is 6.10 Å². The summed E-state index contributed by atoms with van der Waals surface area (Å²) in [5.74, 6) is -1.97. The van der Waals surface area contributed by atoms with Crippen molar-refractivity contribution in [1.82, 2.24) is 0 Å². The number of quaternary nitrogens is 1. The Balaban J connectivity index is 3.98. The van der Waals surface area contributed by atoms with E-state index in [0.29, 0.717) is 17.4 Å². The summed E-state index contributed by atoms with van der Waals surface area (Å²) >= 11 is 0. The van der Waals surface area contributed by atoms with Crippen LogP contribution in [0.2, 0.25) is 0 Å². The van der Waals surface area contributed by atoms with E-state index in [-0.39, 0.29) is 38.2 Å². The lowest BCUT2D eigenvalue weighted by molar-refractivity contribution is -0.870. The standard InChI is InChI=1S/C66H127NO8/c1-6-8-10-12-14-16-18-20-22-23-24-25-26-27-28-29-30-31-32-33-34-35-36-37-38-39-40-41-43-45-47-49-51-53-55-57-64(69)75-62(61-74-66(65(70)71)72-59-58-67(3,4)5)60-73-63(68)56-54-52-50-48-46-44-42-21-19-17-15-13-11-9-7-2/h23-24,62,66H,6-22,25-61H2,1-5H3/p+1/b24-23-. The van der Waals surface area contributed by atoms with E-state index in [4.69, 9.17) is 18.9 Å². The minimum atomic E-state index is -1.50. The number of carboxylic acids is 1. The highest BCUT2D eigenvalue weighted by molar-refractivity contribution is 5.71. The number of carboxylic acid groups (broad SMARTS) is 1. The highest BCUT2D eigenvalue weighted by Gasteiger charge is 2.25. The molecule has 9 nitrogen and oxygen atoms in total. The van der Waals surface area contributed by atoms with E-state index >= 15 is 0 Å². The summed E-state index contributed by atoms with van der Waals surface area (Å²) in [6.45, 7) is 4.94. The fraction of sp³-hybridized carbons (Fsp3) is 0.924. The van der Waals surface area contributed by atoms with Crippen LogP contribution in [0.3, 0.4) is 0 Å². The number of esters is 2. The molecule has 0 fully saturated rings. The zero-order chi connectivity index (χ0) is 54.8. The topological polar surface area (TPSA) is 108 Å².